The minimum Gasteiger partial charge on any atom is -0.508 e. The Kier molecular flexibility index (Phi) is 6.78. The first kappa shape index (κ1) is 17.8. The highest BCUT2D eigenvalue weighted by molar-refractivity contribution is 7.54. The van der Waals surface area contributed by atoms with Gasteiger partial charge >= 0.3 is 16.2 Å². The van der Waals surface area contributed by atoms with Gasteiger partial charge in [0.15, 0.2) is 5.85 Å². The average Bonchev–Trinajstić information content (AvgIpc) is 2.99. The third-order valence-electron chi connectivity index (χ3n) is 2.75. The molecule has 2 rings (SSSR count). The number of rotatable bonds is 8. The number of hydrogen-bond acceptors (Lipinski definition) is 7. The van der Waals surface area contributed by atoms with Crippen LogP contribution in [0, 0.1) is 0 Å². The van der Waals surface area contributed by atoms with Crippen molar-refractivity contribution in [1.29, 1.82) is 0 Å². The highest BCUT2D eigenvalue weighted by atomic mass is 31.2. The second-order valence-electron chi connectivity index (χ2n) is 4.31. The molecule has 0 bridgehead atoms. The van der Waals surface area contributed by atoms with E-state index in [4.69, 9.17) is 22.6 Å². The average molecular weight is 350 g/mol. The van der Waals surface area contributed by atoms with Crippen LogP contribution in [0.25, 0.3) is 0 Å². The van der Waals surface area contributed by atoms with Gasteiger partial charge in [-0.1, -0.05) is 12.1 Å². The first-order chi connectivity index (χ1) is 10.6. The van der Waals surface area contributed by atoms with Crippen LogP contribution in [0.5, 0.6) is 5.75 Å². The lowest BCUT2D eigenvalue weighted by molar-refractivity contribution is 0.148. The highest BCUT2D eigenvalue weighted by Crippen LogP contribution is 2.66. The molecule has 1 aromatic rings. The maximum atomic E-state index is 13.1. The standard InChI is InChI=1S/C13H20O7P2/c1-3-18-22(15,19-4-2)13(20-21-16-9-10-17-21)11-5-7-12(14)8-6-11/h5-8,13-14H,3-4,9-10H2,1-2H3. The summed E-state index contributed by atoms with van der Waals surface area (Å²) in [6.07, 6.45) is 0. The van der Waals surface area contributed by atoms with E-state index in [1.54, 1.807) is 26.0 Å². The van der Waals surface area contributed by atoms with E-state index in [0.717, 1.165) is 0 Å². The molecule has 9 heteroatoms. The first-order valence-corrected chi connectivity index (χ1v) is 9.70. The Hall–Kier alpha value is -0.520. The summed E-state index contributed by atoms with van der Waals surface area (Å²) in [6, 6.07) is 6.18. The van der Waals surface area contributed by atoms with Crippen molar-refractivity contribution in [1.82, 2.24) is 0 Å². The maximum absolute atomic E-state index is 13.1. The SMILES string of the molecule is CCOP(=O)(OCC)C(OP1OCCO1)c1ccc(O)cc1. The summed E-state index contributed by atoms with van der Waals surface area (Å²) in [6.45, 7) is 4.76. The molecular weight excluding hydrogens is 330 g/mol. The molecule has 0 saturated carbocycles. The molecule has 1 atom stereocenters. The zero-order chi connectivity index (χ0) is 16.0. The molecular formula is C13H20O7P2. The van der Waals surface area contributed by atoms with E-state index in [2.05, 4.69) is 0 Å². The van der Waals surface area contributed by atoms with E-state index in [1.165, 1.54) is 12.1 Å². The second kappa shape index (κ2) is 8.37. The number of hydrogen-bond donors (Lipinski definition) is 1. The Morgan fingerprint density at radius 1 is 1.18 bits per heavy atom. The van der Waals surface area contributed by atoms with Crippen molar-refractivity contribution in [2.45, 2.75) is 19.7 Å². The van der Waals surface area contributed by atoms with Gasteiger partial charge < -0.3 is 23.2 Å². The summed E-state index contributed by atoms with van der Waals surface area (Å²) in [5.41, 5.74) is 0.560. The largest absolute Gasteiger partial charge is 0.508 e. The lowest BCUT2D eigenvalue weighted by Gasteiger charge is -2.27. The molecule has 0 aromatic heterocycles. The van der Waals surface area contributed by atoms with Gasteiger partial charge in [-0.25, -0.2) is 0 Å². The molecule has 1 aliphatic heterocycles. The van der Waals surface area contributed by atoms with Crippen molar-refractivity contribution in [3.8, 4) is 5.75 Å². The third-order valence-corrected chi connectivity index (χ3v) is 6.30. The second-order valence-corrected chi connectivity index (χ2v) is 7.55. The van der Waals surface area contributed by atoms with Gasteiger partial charge in [-0.05, 0) is 31.5 Å². The monoisotopic (exact) mass is 350 g/mol. The molecule has 1 fully saturated rings. The Morgan fingerprint density at radius 2 is 1.73 bits per heavy atom. The Balaban J connectivity index is 2.29. The van der Waals surface area contributed by atoms with Gasteiger partial charge in [0, 0.05) is 0 Å². The predicted molar refractivity (Wildman–Crippen MR) is 81.6 cm³/mol. The van der Waals surface area contributed by atoms with E-state index < -0.39 is 22.0 Å². The molecule has 7 nitrogen and oxygen atoms in total. The fraction of sp³-hybridized carbons (Fsp3) is 0.538. The molecule has 0 amide bonds. The lowest BCUT2D eigenvalue weighted by atomic mass is 10.2. The molecule has 1 heterocycles. The zero-order valence-corrected chi connectivity index (χ0v) is 14.3. The molecule has 1 saturated heterocycles. The van der Waals surface area contributed by atoms with Crippen molar-refractivity contribution in [2.75, 3.05) is 26.4 Å². The molecule has 1 N–H and O–H groups in total. The minimum absolute atomic E-state index is 0.101. The molecule has 0 spiro atoms. The van der Waals surface area contributed by atoms with Crippen molar-refractivity contribution in [3.05, 3.63) is 29.8 Å². The number of phenolic OH excluding ortho intramolecular Hbond substituents is 1. The van der Waals surface area contributed by atoms with Gasteiger partial charge in [-0.3, -0.25) is 9.09 Å². The molecule has 0 aliphatic carbocycles. The van der Waals surface area contributed by atoms with Gasteiger partial charge in [-0.15, -0.1) is 0 Å². The van der Waals surface area contributed by atoms with E-state index in [1.807, 2.05) is 0 Å². The van der Waals surface area contributed by atoms with E-state index in [0.29, 0.717) is 18.8 Å². The van der Waals surface area contributed by atoms with Gasteiger partial charge in [0.25, 0.3) is 0 Å². The van der Waals surface area contributed by atoms with E-state index in [-0.39, 0.29) is 19.0 Å². The highest BCUT2D eigenvalue weighted by Gasteiger charge is 2.41. The Bertz CT molecular complexity index is 492. The minimum atomic E-state index is -3.57. The Morgan fingerprint density at radius 3 is 2.23 bits per heavy atom. The lowest BCUT2D eigenvalue weighted by Crippen LogP contribution is -2.09. The first-order valence-electron chi connectivity index (χ1n) is 6.99. The molecule has 1 unspecified atom stereocenters. The zero-order valence-electron chi connectivity index (χ0n) is 12.5. The van der Waals surface area contributed by atoms with Crippen molar-refractivity contribution >= 4 is 16.2 Å². The van der Waals surface area contributed by atoms with Crippen molar-refractivity contribution < 1.29 is 32.3 Å². The topological polar surface area (TPSA) is 83.5 Å². The van der Waals surface area contributed by atoms with Crippen LogP contribution in [0.1, 0.15) is 25.3 Å². The van der Waals surface area contributed by atoms with Gasteiger partial charge in [0.1, 0.15) is 5.75 Å². The summed E-state index contributed by atoms with van der Waals surface area (Å²) < 4.78 is 40.2. The quantitative estimate of drug-likeness (QED) is 0.711. The molecule has 1 aliphatic rings. The van der Waals surface area contributed by atoms with Crippen LogP contribution in [0.2, 0.25) is 0 Å². The van der Waals surface area contributed by atoms with Crippen LogP contribution in [-0.2, 0) is 27.2 Å². The molecule has 0 radical (unpaired) electrons. The summed E-state index contributed by atoms with van der Waals surface area (Å²) in [5, 5.41) is 9.41. The van der Waals surface area contributed by atoms with Crippen molar-refractivity contribution in [3.63, 3.8) is 0 Å². The summed E-state index contributed by atoms with van der Waals surface area (Å²) in [4.78, 5) is 0. The molecule has 124 valence electrons. The van der Waals surface area contributed by atoms with Gasteiger partial charge in [0.2, 0.25) is 0 Å². The fourth-order valence-corrected chi connectivity index (χ4v) is 5.10. The van der Waals surface area contributed by atoms with Crippen LogP contribution < -0.4 is 0 Å². The summed E-state index contributed by atoms with van der Waals surface area (Å²) >= 11 is 0. The van der Waals surface area contributed by atoms with E-state index >= 15 is 0 Å². The normalized spacial score (nSPS) is 17.7. The van der Waals surface area contributed by atoms with Crippen LogP contribution in [0.15, 0.2) is 24.3 Å². The smallest absolute Gasteiger partial charge is 0.364 e. The van der Waals surface area contributed by atoms with Crippen LogP contribution >= 0.6 is 16.2 Å². The Labute approximate surface area is 131 Å². The maximum Gasteiger partial charge on any atom is 0.364 e. The number of aromatic hydroxyl groups is 1. The number of benzene rings is 1. The third kappa shape index (κ3) is 4.49. The number of phenols is 1. The van der Waals surface area contributed by atoms with Gasteiger partial charge in [-0.2, -0.15) is 0 Å². The van der Waals surface area contributed by atoms with Gasteiger partial charge in [0.05, 0.1) is 26.4 Å². The van der Waals surface area contributed by atoms with E-state index in [9.17, 15) is 9.67 Å². The van der Waals surface area contributed by atoms with Crippen molar-refractivity contribution in [2.24, 2.45) is 0 Å². The van der Waals surface area contributed by atoms with Crippen LogP contribution in [-0.4, -0.2) is 31.5 Å². The molecule has 1 aromatic carbocycles. The summed E-state index contributed by atoms with van der Waals surface area (Å²) in [7, 11) is -5.16. The summed E-state index contributed by atoms with van der Waals surface area (Å²) in [5.74, 6) is -0.874. The van der Waals surface area contributed by atoms with Crippen LogP contribution in [0.4, 0.5) is 0 Å². The molecule has 22 heavy (non-hydrogen) atoms. The van der Waals surface area contributed by atoms with Crippen LogP contribution in [0.3, 0.4) is 0 Å². The fourth-order valence-electron chi connectivity index (χ4n) is 1.88. The predicted octanol–water partition coefficient (Wildman–Crippen LogP) is 3.95.